The molecule has 1 aliphatic carbocycles. The number of carbonyl (C=O) groups is 2. The molecule has 0 saturated heterocycles. The van der Waals surface area contributed by atoms with E-state index in [9.17, 15) is 9.59 Å². The maximum atomic E-state index is 13.3. The summed E-state index contributed by atoms with van der Waals surface area (Å²) in [6.07, 6.45) is 8.48. The molecule has 0 aromatic carbocycles. The van der Waals surface area contributed by atoms with Gasteiger partial charge in [-0.05, 0) is 63.8 Å². The Hall–Kier alpha value is -3.55. The predicted molar refractivity (Wildman–Crippen MR) is 129 cm³/mol. The highest BCUT2D eigenvalue weighted by Gasteiger charge is 2.25. The first-order valence-corrected chi connectivity index (χ1v) is 11.5. The zero-order chi connectivity index (χ0) is 23.4. The largest absolute Gasteiger partial charge is 0.380 e. The highest BCUT2D eigenvalue weighted by Crippen LogP contribution is 2.29. The van der Waals surface area contributed by atoms with Crippen molar-refractivity contribution in [2.24, 2.45) is 0 Å². The first kappa shape index (κ1) is 22.6. The summed E-state index contributed by atoms with van der Waals surface area (Å²) in [4.78, 5) is 38.1. The summed E-state index contributed by atoms with van der Waals surface area (Å²) < 4.78 is 0. The second kappa shape index (κ2) is 9.94. The van der Waals surface area contributed by atoms with E-state index >= 15 is 0 Å². The molecule has 3 aromatic rings. The third-order valence-corrected chi connectivity index (χ3v) is 5.82. The fourth-order valence-corrected chi connectivity index (χ4v) is 4.28. The number of nitrogens with one attached hydrogen (secondary N) is 3. The molecule has 8 nitrogen and oxygen atoms in total. The van der Waals surface area contributed by atoms with Crippen LogP contribution >= 0.6 is 0 Å². The molecule has 4 rings (SSSR count). The van der Waals surface area contributed by atoms with Crippen LogP contribution in [0.1, 0.15) is 56.8 Å². The summed E-state index contributed by atoms with van der Waals surface area (Å²) in [5.41, 5.74) is 4.23. The zero-order valence-electron chi connectivity index (χ0n) is 19.3. The van der Waals surface area contributed by atoms with Crippen molar-refractivity contribution in [2.45, 2.75) is 64.6 Å². The van der Waals surface area contributed by atoms with Crippen molar-refractivity contribution in [1.29, 1.82) is 0 Å². The molecule has 172 valence electrons. The Bertz CT molecular complexity index is 1140. The molecule has 1 fully saturated rings. The fraction of sp³-hybridized carbons (Fsp3) is 0.400. The van der Waals surface area contributed by atoms with Crippen LogP contribution in [0.3, 0.4) is 0 Å². The van der Waals surface area contributed by atoms with Crippen LogP contribution in [0.5, 0.6) is 0 Å². The Labute approximate surface area is 193 Å². The lowest BCUT2D eigenvalue weighted by Gasteiger charge is -2.29. The van der Waals surface area contributed by atoms with Crippen molar-refractivity contribution in [3.63, 3.8) is 0 Å². The molecule has 33 heavy (non-hydrogen) atoms. The smallest absolute Gasteiger partial charge is 0.255 e. The second-order valence-corrected chi connectivity index (χ2v) is 8.87. The first-order chi connectivity index (χ1) is 15.9. The van der Waals surface area contributed by atoms with Gasteiger partial charge in [0.1, 0.15) is 5.52 Å². The molecule has 3 heterocycles. The quantitative estimate of drug-likeness (QED) is 0.533. The van der Waals surface area contributed by atoms with E-state index in [1.807, 2.05) is 38.1 Å². The summed E-state index contributed by atoms with van der Waals surface area (Å²) in [7, 11) is 0. The average Bonchev–Trinajstić information content (AvgIpc) is 2.80. The maximum absolute atomic E-state index is 13.3. The van der Waals surface area contributed by atoms with Crippen LogP contribution in [0.2, 0.25) is 0 Å². The minimum Gasteiger partial charge on any atom is -0.380 e. The van der Waals surface area contributed by atoms with E-state index in [4.69, 9.17) is 4.98 Å². The lowest BCUT2D eigenvalue weighted by molar-refractivity contribution is -0.119. The number of aromatic nitrogens is 3. The van der Waals surface area contributed by atoms with Gasteiger partial charge in [-0.2, -0.15) is 0 Å². The number of hydrogen-bond acceptors (Lipinski definition) is 6. The van der Waals surface area contributed by atoms with Crippen LogP contribution in [0.4, 0.5) is 5.69 Å². The molecule has 0 atom stereocenters. The van der Waals surface area contributed by atoms with Crippen molar-refractivity contribution in [2.75, 3.05) is 5.32 Å². The molecule has 2 amide bonds. The summed E-state index contributed by atoms with van der Waals surface area (Å²) >= 11 is 0. The molecule has 0 aliphatic heterocycles. The summed E-state index contributed by atoms with van der Waals surface area (Å²) in [6.45, 7) is 5.60. The van der Waals surface area contributed by atoms with E-state index < -0.39 is 0 Å². The SMILES string of the molecule is CC(=O)N[C@H]1CC[C@H](NC(=O)c2cnc3ccc(-c4cccnc4)nc3c2NC(C)C)CC1. The van der Waals surface area contributed by atoms with Crippen molar-refractivity contribution in [3.05, 3.63) is 48.4 Å². The molecule has 0 bridgehead atoms. The van der Waals surface area contributed by atoms with Gasteiger partial charge in [0, 0.05) is 49.2 Å². The molecular formula is C25H30N6O2. The van der Waals surface area contributed by atoms with Gasteiger partial charge in [0.25, 0.3) is 5.91 Å². The zero-order valence-corrected chi connectivity index (χ0v) is 19.3. The number of carbonyl (C=O) groups excluding carboxylic acids is 2. The molecule has 0 radical (unpaired) electrons. The minimum atomic E-state index is -0.163. The van der Waals surface area contributed by atoms with Gasteiger partial charge >= 0.3 is 0 Å². The van der Waals surface area contributed by atoms with E-state index in [1.54, 1.807) is 18.6 Å². The van der Waals surface area contributed by atoms with Crippen LogP contribution in [-0.2, 0) is 4.79 Å². The number of amides is 2. The lowest BCUT2D eigenvalue weighted by atomic mass is 9.91. The summed E-state index contributed by atoms with van der Waals surface area (Å²) in [6, 6.07) is 8.03. The van der Waals surface area contributed by atoms with Crippen LogP contribution < -0.4 is 16.0 Å². The Morgan fingerprint density at radius 1 is 1.00 bits per heavy atom. The minimum absolute atomic E-state index is 0.00715. The number of hydrogen-bond donors (Lipinski definition) is 3. The van der Waals surface area contributed by atoms with Crippen LogP contribution in [0.25, 0.3) is 22.3 Å². The van der Waals surface area contributed by atoms with Crippen LogP contribution in [0.15, 0.2) is 42.9 Å². The standard InChI is InChI=1S/C25H30N6O2/c1-15(2)28-23-20(25(33)30-19-8-6-18(7-9-19)29-16(3)32)14-27-22-11-10-21(31-24(22)23)17-5-4-12-26-13-17/h4-5,10-15,18-19H,6-9H2,1-3H3,(H,27,28)(H,29,32)(H,30,33)/t18-,19-. The Balaban J connectivity index is 1.61. The molecule has 3 aromatic heterocycles. The third-order valence-electron chi connectivity index (χ3n) is 5.82. The first-order valence-electron chi connectivity index (χ1n) is 11.5. The van der Waals surface area contributed by atoms with E-state index in [1.165, 1.54) is 6.92 Å². The van der Waals surface area contributed by atoms with Crippen molar-refractivity contribution >= 4 is 28.5 Å². The molecule has 8 heteroatoms. The monoisotopic (exact) mass is 446 g/mol. The number of nitrogens with zero attached hydrogens (tertiary/aromatic N) is 3. The van der Waals surface area contributed by atoms with Crippen LogP contribution in [0, 0.1) is 0 Å². The molecule has 0 spiro atoms. The van der Waals surface area contributed by atoms with Gasteiger partial charge in [-0.15, -0.1) is 0 Å². The fourth-order valence-electron chi connectivity index (χ4n) is 4.28. The summed E-state index contributed by atoms with van der Waals surface area (Å²) in [5.74, 6) is -0.170. The molecular weight excluding hydrogens is 416 g/mol. The van der Waals surface area contributed by atoms with Crippen molar-refractivity contribution < 1.29 is 9.59 Å². The lowest BCUT2D eigenvalue weighted by Crippen LogP contribution is -2.43. The number of anilines is 1. The van der Waals surface area contributed by atoms with E-state index in [-0.39, 0.29) is 29.9 Å². The topological polar surface area (TPSA) is 109 Å². The maximum Gasteiger partial charge on any atom is 0.255 e. The van der Waals surface area contributed by atoms with Gasteiger partial charge in [-0.3, -0.25) is 19.6 Å². The van der Waals surface area contributed by atoms with Gasteiger partial charge in [-0.25, -0.2) is 4.98 Å². The molecule has 0 unspecified atom stereocenters. The van der Waals surface area contributed by atoms with Gasteiger partial charge in [-0.1, -0.05) is 0 Å². The number of pyridine rings is 3. The van der Waals surface area contributed by atoms with Gasteiger partial charge in [0.2, 0.25) is 5.91 Å². The van der Waals surface area contributed by atoms with E-state index in [2.05, 4.69) is 25.9 Å². The Morgan fingerprint density at radius 3 is 2.36 bits per heavy atom. The van der Waals surface area contributed by atoms with Crippen molar-refractivity contribution in [3.8, 4) is 11.3 Å². The van der Waals surface area contributed by atoms with Gasteiger partial charge < -0.3 is 16.0 Å². The summed E-state index contributed by atoms with van der Waals surface area (Å²) in [5, 5.41) is 9.55. The van der Waals surface area contributed by atoms with Crippen LogP contribution in [-0.4, -0.2) is 44.9 Å². The molecule has 1 aliphatic rings. The Kier molecular flexibility index (Phi) is 6.82. The van der Waals surface area contributed by atoms with E-state index in [0.29, 0.717) is 16.8 Å². The van der Waals surface area contributed by atoms with E-state index in [0.717, 1.165) is 42.5 Å². The molecule has 3 N–H and O–H groups in total. The Morgan fingerprint density at radius 2 is 1.73 bits per heavy atom. The highest BCUT2D eigenvalue weighted by atomic mass is 16.2. The normalized spacial score (nSPS) is 18.2. The average molecular weight is 447 g/mol. The number of fused-ring (bicyclic) bond motifs is 1. The predicted octanol–water partition coefficient (Wildman–Crippen LogP) is 3.69. The van der Waals surface area contributed by atoms with Gasteiger partial charge in [0.05, 0.1) is 22.5 Å². The van der Waals surface area contributed by atoms with Crippen molar-refractivity contribution in [1.82, 2.24) is 25.6 Å². The molecule has 1 saturated carbocycles. The highest BCUT2D eigenvalue weighted by molar-refractivity contribution is 6.06. The van der Waals surface area contributed by atoms with Gasteiger partial charge in [0.15, 0.2) is 0 Å². The third kappa shape index (κ3) is 5.45. The second-order valence-electron chi connectivity index (χ2n) is 8.87. The number of rotatable bonds is 6.